The highest BCUT2D eigenvalue weighted by molar-refractivity contribution is 5.43. The number of hydrogen-bond donors (Lipinski definition) is 2. The monoisotopic (exact) mass is 322 g/mol. The van der Waals surface area contributed by atoms with E-state index in [9.17, 15) is 0 Å². The topological polar surface area (TPSA) is 61.0 Å². The fourth-order valence-electron chi connectivity index (χ4n) is 2.73. The lowest BCUT2D eigenvalue weighted by Gasteiger charge is -2.25. The normalized spacial score (nSPS) is 25.1. The zero-order chi connectivity index (χ0) is 15.9. The van der Waals surface area contributed by atoms with Gasteiger partial charge < -0.3 is 29.6 Å². The van der Waals surface area contributed by atoms with E-state index in [0.29, 0.717) is 13.2 Å². The minimum Gasteiger partial charge on any atom is -0.490 e. The van der Waals surface area contributed by atoms with E-state index in [-0.39, 0.29) is 12.2 Å². The quantitative estimate of drug-likeness (QED) is 0.805. The molecule has 23 heavy (non-hydrogen) atoms. The highest BCUT2D eigenvalue weighted by Crippen LogP contribution is 2.28. The zero-order valence-electron chi connectivity index (χ0n) is 13.7. The van der Waals surface area contributed by atoms with Gasteiger partial charge in [-0.15, -0.1) is 0 Å². The number of rotatable bonds is 6. The van der Waals surface area contributed by atoms with Crippen molar-refractivity contribution in [2.45, 2.75) is 19.1 Å². The van der Waals surface area contributed by atoms with Crippen molar-refractivity contribution >= 4 is 0 Å². The molecule has 6 nitrogen and oxygen atoms in total. The van der Waals surface area contributed by atoms with Crippen LogP contribution in [0.3, 0.4) is 0 Å². The summed E-state index contributed by atoms with van der Waals surface area (Å²) in [5, 5.41) is 6.61. The molecule has 2 saturated heterocycles. The van der Waals surface area contributed by atoms with E-state index in [1.165, 1.54) is 0 Å². The minimum absolute atomic E-state index is 0.106. The second-order valence-corrected chi connectivity index (χ2v) is 5.90. The molecule has 0 unspecified atom stereocenters. The predicted molar refractivity (Wildman–Crippen MR) is 87.4 cm³/mol. The lowest BCUT2D eigenvalue weighted by Crippen LogP contribution is -2.41. The van der Waals surface area contributed by atoms with Gasteiger partial charge in [0.15, 0.2) is 0 Å². The van der Waals surface area contributed by atoms with Gasteiger partial charge in [0.1, 0.15) is 36.9 Å². The molecular formula is C17H26N2O4. The van der Waals surface area contributed by atoms with Gasteiger partial charge in [-0.25, -0.2) is 0 Å². The SMILES string of the molecule is Cc1c(OC[C@@H]2CNCCO2)cccc1OC[C@@H]1CNCCO1. The van der Waals surface area contributed by atoms with E-state index in [0.717, 1.165) is 56.5 Å². The highest BCUT2D eigenvalue weighted by Gasteiger charge is 2.17. The summed E-state index contributed by atoms with van der Waals surface area (Å²) in [4.78, 5) is 0. The average Bonchev–Trinajstić information content (AvgIpc) is 2.61. The minimum atomic E-state index is 0.106. The maximum absolute atomic E-state index is 5.92. The summed E-state index contributed by atoms with van der Waals surface area (Å²) in [7, 11) is 0. The van der Waals surface area contributed by atoms with Crippen LogP contribution < -0.4 is 20.1 Å². The largest absolute Gasteiger partial charge is 0.490 e. The number of morpholine rings is 2. The van der Waals surface area contributed by atoms with Gasteiger partial charge in [0, 0.05) is 31.7 Å². The smallest absolute Gasteiger partial charge is 0.126 e. The van der Waals surface area contributed by atoms with Gasteiger partial charge in [0.25, 0.3) is 0 Å². The van der Waals surface area contributed by atoms with Crippen LogP contribution in [0.1, 0.15) is 5.56 Å². The molecule has 0 saturated carbocycles. The summed E-state index contributed by atoms with van der Waals surface area (Å²) >= 11 is 0. The molecule has 0 aliphatic carbocycles. The molecule has 3 rings (SSSR count). The molecule has 0 bridgehead atoms. The molecule has 0 amide bonds. The van der Waals surface area contributed by atoms with Crippen molar-refractivity contribution in [1.82, 2.24) is 10.6 Å². The summed E-state index contributed by atoms with van der Waals surface area (Å²) < 4.78 is 23.1. The summed E-state index contributed by atoms with van der Waals surface area (Å²) in [5.41, 5.74) is 1.01. The molecule has 128 valence electrons. The number of ether oxygens (including phenoxy) is 4. The van der Waals surface area contributed by atoms with Crippen LogP contribution in [0.2, 0.25) is 0 Å². The summed E-state index contributed by atoms with van der Waals surface area (Å²) in [6.45, 7) is 8.10. The van der Waals surface area contributed by atoms with Gasteiger partial charge in [0.2, 0.25) is 0 Å². The highest BCUT2D eigenvalue weighted by atomic mass is 16.5. The van der Waals surface area contributed by atoms with Gasteiger partial charge >= 0.3 is 0 Å². The fourth-order valence-corrected chi connectivity index (χ4v) is 2.73. The molecule has 1 aromatic rings. The summed E-state index contributed by atoms with van der Waals surface area (Å²) in [6, 6.07) is 5.89. The summed E-state index contributed by atoms with van der Waals surface area (Å²) in [5.74, 6) is 1.69. The number of hydrogen-bond acceptors (Lipinski definition) is 6. The molecule has 2 aliphatic heterocycles. The first-order valence-electron chi connectivity index (χ1n) is 8.33. The third-order valence-electron chi connectivity index (χ3n) is 4.09. The Hall–Kier alpha value is -1.34. The van der Waals surface area contributed by atoms with Crippen molar-refractivity contribution in [3.8, 4) is 11.5 Å². The van der Waals surface area contributed by atoms with Crippen LogP contribution >= 0.6 is 0 Å². The zero-order valence-corrected chi connectivity index (χ0v) is 13.7. The van der Waals surface area contributed by atoms with Crippen LogP contribution in [-0.2, 0) is 9.47 Å². The van der Waals surface area contributed by atoms with Crippen LogP contribution in [0.25, 0.3) is 0 Å². The van der Waals surface area contributed by atoms with E-state index >= 15 is 0 Å². The number of benzene rings is 1. The molecular weight excluding hydrogens is 296 g/mol. The predicted octanol–water partition coefficient (Wildman–Crippen LogP) is 0.729. The molecule has 2 atom stereocenters. The van der Waals surface area contributed by atoms with Crippen molar-refractivity contribution in [3.63, 3.8) is 0 Å². The Labute approximate surface area is 137 Å². The van der Waals surface area contributed by atoms with Crippen molar-refractivity contribution < 1.29 is 18.9 Å². The molecule has 2 fully saturated rings. The standard InChI is InChI=1S/C17H26N2O4/c1-13-16(22-11-14-9-18-5-7-20-14)3-2-4-17(13)23-12-15-10-19-6-8-21-15/h2-4,14-15,18-19H,5-12H2,1H3/t14-,15-/m0/s1. The van der Waals surface area contributed by atoms with Crippen molar-refractivity contribution in [3.05, 3.63) is 23.8 Å². The van der Waals surface area contributed by atoms with Crippen LogP contribution in [0.15, 0.2) is 18.2 Å². The molecule has 2 aliphatic rings. The van der Waals surface area contributed by atoms with Gasteiger partial charge in [-0.3, -0.25) is 0 Å². The first kappa shape index (κ1) is 16.5. The molecule has 6 heteroatoms. The Morgan fingerprint density at radius 2 is 1.48 bits per heavy atom. The van der Waals surface area contributed by atoms with E-state index < -0.39 is 0 Å². The molecule has 0 spiro atoms. The molecule has 1 aromatic carbocycles. The van der Waals surface area contributed by atoms with Gasteiger partial charge in [-0.2, -0.15) is 0 Å². The van der Waals surface area contributed by atoms with E-state index in [1.54, 1.807) is 0 Å². The van der Waals surface area contributed by atoms with E-state index in [2.05, 4.69) is 10.6 Å². The fraction of sp³-hybridized carbons (Fsp3) is 0.647. The molecule has 0 aromatic heterocycles. The third kappa shape index (κ3) is 4.81. The maximum Gasteiger partial charge on any atom is 0.126 e. The Morgan fingerprint density at radius 3 is 1.91 bits per heavy atom. The van der Waals surface area contributed by atoms with E-state index in [4.69, 9.17) is 18.9 Å². The third-order valence-corrected chi connectivity index (χ3v) is 4.09. The van der Waals surface area contributed by atoms with Crippen LogP contribution in [-0.4, -0.2) is 64.8 Å². The average molecular weight is 322 g/mol. The first-order valence-corrected chi connectivity index (χ1v) is 8.33. The van der Waals surface area contributed by atoms with Crippen LogP contribution in [0.5, 0.6) is 11.5 Å². The van der Waals surface area contributed by atoms with Crippen LogP contribution in [0.4, 0.5) is 0 Å². The lowest BCUT2D eigenvalue weighted by molar-refractivity contribution is -0.00158. The van der Waals surface area contributed by atoms with Crippen molar-refractivity contribution in [2.75, 3.05) is 52.6 Å². The first-order chi connectivity index (χ1) is 11.3. The molecule has 2 N–H and O–H groups in total. The van der Waals surface area contributed by atoms with Crippen LogP contribution in [0, 0.1) is 6.92 Å². The second kappa shape index (κ2) is 8.49. The van der Waals surface area contributed by atoms with Gasteiger partial charge in [-0.1, -0.05) is 6.07 Å². The lowest BCUT2D eigenvalue weighted by atomic mass is 10.2. The Balaban J connectivity index is 1.52. The molecule has 0 radical (unpaired) electrons. The Kier molecular flexibility index (Phi) is 6.10. The number of nitrogens with one attached hydrogen (secondary N) is 2. The Bertz CT molecular complexity index is 445. The van der Waals surface area contributed by atoms with Crippen molar-refractivity contribution in [2.24, 2.45) is 0 Å². The van der Waals surface area contributed by atoms with E-state index in [1.807, 2.05) is 25.1 Å². The Morgan fingerprint density at radius 1 is 0.957 bits per heavy atom. The maximum atomic E-state index is 5.92. The van der Waals surface area contributed by atoms with Crippen molar-refractivity contribution in [1.29, 1.82) is 0 Å². The second-order valence-electron chi connectivity index (χ2n) is 5.90. The molecule has 2 heterocycles. The summed E-state index contributed by atoms with van der Waals surface area (Å²) in [6.07, 6.45) is 0.212. The van der Waals surface area contributed by atoms with Gasteiger partial charge in [-0.05, 0) is 19.1 Å². The van der Waals surface area contributed by atoms with Gasteiger partial charge in [0.05, 0.1) is 13.2 Å².